The lowest BCUT2D eigenvalue weighted by molar-refractivity contribution is 0.577. The van der Waals surface area contributed by atoms with Crippen LogP contribution in [0.15, 0.2) is 42.5 Å². The highest BCUT2D eigenvalue weighted by atomic mass is 19.1. The largest absolute Gasteiger partial charge is 0.366 e. The first-order valence-corrected chi connectivity index (χ1v) is 7.17. The van der Waals surface area contributed by atoms with Crippen molar-refractivity contribution >= 4 is 5.69 Å². The molecule has 0 saturated carbocycles. The zero-order valence-corrected chi connectivity index (χ0v) is 11.7. The molecule has 110 valence electrons. The van der Waals surface area contributed by atoms with Crippen molar-refractivity contribution in [1.82, 2.24) is 0 Å². The van der Waals surface area contributed by atoms with Crippen molar-refractivity contribution < 1.29 is 8.78 Å². The molecule has 0 spiro atoms. The van der Waals surface area contributed by atoms with E-state index in [9.17, 15) is 8.78 Å². The van der Waals surface area contributed by atoms with Crippen molar-refractivity contribution in [1.29, 1.82) is 0 Å². The molecule has 1 heterocycles. The molecule has 21 heavy (non-hydrogen) atoms. The molecule has 2 aromatic carbocycles. The number of halogens is 2. The quantitative estimate of drug-likeness (QED) is 0.934. The summed E-state index contributed by atoms with van der Waals surface area (Å²) >= 11 is 0. The van der Waals surface area contributed by atoms with Gasteiger partial charge in [0.15, 0.2) is 0 Å². The Kier molecular flexibility index (Phi) is 3.88. The van der Waals surface area contributed by atoms with Gasteiger partial charge in [-0.1, -0.05) is 18.2 Å². The second-order valence-electron chi connectivity index (χ2n) is 5.45. The van der Waals surface area contributed by atoms with Crippen molar-refractivity contribution in [2.75, 3.05) is 18.0 Å². The van der Waals surface area contributed by atoms with E-state index in [-0.39, 0.29) is 5.82 Å². The average Bonchev–Trinajstić information content (AvgIpc) is 2.82. The molecule has 0 aromatic heterocycles. The number of hydrogen-bond donors (Lipinski definition) is 1. The highest BCUT2D eigenvalue weighted by Crippen LogP contribution is 2.38. The van der Waals surface area contributed by atoms with Gasteiger partial charge in [0, 0.05) is 30.3 Å². The van der Waals surface area contributed by atoms with E-state index in [1.165, 1.54) is 17.7 Å². The van der Waals surface area contributed by atoms with Crippen LogP contribution in [0.1, 0.15) is 23.5 Å². The van der Waals surface area contributed by atoms with Crippen LogP contribution in [0.25, 0.3) is 0 Å². The zero-order valence-electron chi connectivity index (χ0n) is 11.7. The number of nitrogens with two attached hydrogens (primary N) is 1. The fourth-order valence-electron chi connectivity index (χ4n) is 3.05. The fourth-order valence-corrected chi connectivity index (χ4v) is 3.05. The number of hydrogen-bond acceptors (Lipinski definition) is 2. The second kappa shape index (κ2) is 5.82. The smallest absolute Gasteiger partial charge is 0.128 e. The summed E-state index contributed by atoms with van der Waals surface area (Å²) < 4.78 is 27.1. The maximum Gasteiger partial charge on any atom is 0.128 e. The molecule has 2 nitrogen and oxygen atoms in total. The summed E-state index contributed by atoms with van der Waals surface area (Å²) in [7, 11) is 0. The van der Waals surface area contributed by atoms with Crippen LogP contribution in [0.4, 0.5) is 14.5 Å². The molecule has 0 amide bonds. The Hall–Kier alpha value is -1.94. The van der Waals surface area contributed by atoms with E-state index in [0.717, 1.165) is 24.7 Å². The molecule has 4 heteroatoms. The summed E-state index contributed by atoms with van der Waals surface area (Å²) in [5, 5.41) is 0. The lowest BCUT2D eigenvalue weighted by Gasteiger charge is -2.20. The second-order valence-corrected chi connectivity index (χ2v) is 5.45. The summed E-state index contributed by atoms with van der Waals surface area (Å²) in [5.41, 5.74) is 8.41. The zero-order chi connectivity index (χ0) is 14.8. The number of rotatable bonds is 4. The third-order valence-electron chi connectivity index (χ3n) is 4.04. The third-order valence-corrected chi connectivity index (χ3v) is 4.04. The van der Waals surface area contributed by atoms with Gasteiger partial charge in [0.2, 0.25) is 0 Å². The van der Waals surface area contributed by atoms with E-state index < -0.39 is 5.82 Å². The first-order valence-electron chi connectivity index (χ1n) is 7.17. The summed E-state index contributed by atoms with van der Waals surface area (Å²) in [6, 6.07) is 11.7. The van der Waals surface area contributed by atoms with Crippen LogP contribution in [-0.4, -0.2) is 13.1 Å². The van der Waals surface area contributed by atoms with Crippen molar-refractivity contribution in [3.63, 3.8) is 0 Å². The van der Waals surface area contributed by atoms with Gasteiger partial charge in [-0.3, -0.25) is 0 Å². The molecule has 3 rings (SSSR count). The highest BCUT2D eigenvalue weighted by molar-refractivity contribution is 5.60. The van der Waals surface area contributed by atoms with Crippen molar-refractivity contribution in [2.24, 2.45) is 5.73 Å². The maximum atomic E-state index is 13.8. The minimum Gasteiger partial charge on any atom is -0.366 e. The predicted octanol–water partition coefficient (Wildman–Crippen LogP) is 3.42. The van der Waals surface area contributed by atoms with Gasteiger partial charge in [-0.2, -0.15) is 0 Å². The van der Waals surface area contributed by atoms with Gasteiger partial charge in [-0.05, 0) is 42.8 Å². The predicted molar refractivity (Wildman–Crippen MR) is 80.3 cm³/mol. The molecule has 0 saturated heterocycles. The molecule has 2 aromatic rings. The topological polar surface area (TPSA) is 29.3 Å². The standard InChI is InChI=1S/C17H18F2N2/c18-14-5-6-16(19)13(9-14)11-21-10-12(7-8-20)15-3-1-2-4-17(15)21/h1-6,9,12H,7-8,10-11,20H2. The number of fused-ring (bicyclic) bond motifs is 1. The van der Waals surface area contributed by atoms with Crippen LogP contribution in [-0.2, 0) is 6.54 Å². The van der Waals surface area contributed by atoms with Gasteiger partial charge in [-0.15, -0.1) is 0 Å². The third kappa shape index (κ3) is 2.76. The van der Waals surface area contributed by atoms with E-state index in [4.69, 9.17) is 5.73 Å². The van der Waals surface area contributed by atoms with Crippen molar-refractivity contribution in [3.8, 4) is 0 Å². The number of para-hydroxylation sites is 1. The molecular weight excluding hydrogens is 270 g/mol. The number of benzene rings is 2. The van der Waals surface area contributed by atoms with Gasteiger partial charge in [0.25, 0.3) is 0 Å². The molecule has 0 bridgehead atoms. The average molecular weight is 288 g/mol. The first kappa shape index (κ1) is 14.0. The minimum atomic E-state index is -0.405. The van der Waals surface area contributed by atoms with Gasteiger partial charge in [-0.25, -0.2) is 8.78 Å². The Morgan fingerprint density at radius 3 is 2.76 bits per heavy atom. The number of nitrogens with zero attached hydrogens (tertiary/aromatic N) is 1. The molecular formula is C17H18F2N2. The van der Waals surface area contributed by atoms with E-state index >= 15 is 0 Å². The molecule has 1 unspecified atom stereocenters. The minimum absolute atomic E-state index is 0.364. The van der Waals surface area contributed by atoms with E-state index in [0.29, 0.717) is 24.6 Å². The SMILES string of the molecule is NCCC1CN(Cc2cc(F)ccc2F)c2ccccc21. The van der Waals surface area contributed by atoms with Gasteiger partial charge >= 0.3 is 0 Å². The van der Waals surface area contributed by atoms with Gasteiger partial charge < -0.3 is 10.6 Å². The van der Waals surface area contributed by atoms with E-state index in [1.54, 1.807) is 0 Å². The van der Waals surface area contributed by atoms with Crippen molar-refractivity contribution in [2.45, 2.75) is 18.9 Å². The Bertz CT molecular complexity index is 642. The maximum absolute atomic E-state index is 13.8. The lowest BCUT2D eigenvalue weighted by Crippen LogP contribution is -2.22. The lowest BCUT2D eigenvalue weighted by atomic mass is 9.98. The fraction of sp³-hybridized carbons (Fsp3) is 0.294. The molecule has 2 N–H and O–H groups in total. The first-order chi connectivity index (χ1) is 10.2. The van der Waals surface area contributed by atoms with Crippen molar-refractivity contribution in [3.05, 3.63) is 65.2 Å². The van der Waals surface area contributed by atoms with E-state index in [1.807, 2.05) is 18.2 Å². The van der Waals surface area contributed by atoms with Crippen LogP contribution >= 0.6 is 0 Å². The monoisotopic (exact) mass is 288 g/mol. The molecule has 0 aliphatic carbocycles. The van der Waals surface area contributed by atoms with Gasteiger partial charge in [0.1, 0.15) is 11.6 Å². The summed E-state index contributed by atoms with van der Waals surface area (Å²) in [5.74, 6) is -0.406. The summed E-state index contributed by atoms with van der Waals surface area (Å²) in [6.45, 7) is 1.80. The van der Waals surface area contributed by atoms with Crippen LogP contribution in [0.3, 0.4) is 0 Å². The molecule has 1 aliphatic rings. The van der Waals surface area contributed by atoms with E-state index in [2.05, 4.69) is 11.0 Å². The Labute approximate surface area is 123 Å². The number of anilines is 1. The van der Waals surface area contributed by atoms with Crippen LogP contribution < -0.4 is 10.6 Å². The normalized spacial score (nSPS) is 17.1. The Balaban J connectivity index is 1.88. The summed E-state index contributed by atoms with van der Waals surface area (Å²) in [4.78, 5) is 2.10. The molecule has 1 aliphatic heterocycles. The molecule has 1 atom stereocenters. The molecule has 0 fully saturated rings. The van der Waals surface area contributed by atoms with Gasteiger partial charge in [0.05, 0.1) is 0 Å². The van der Waals surface area contributed by atoms with Crippen LogP contribution in [0.5, 0.6) is 0 Å². The molecule has 0 radical (unpaired) electrons. The Morgan fingerprint density at radius 1 is 1.14 bits per heavy atom. The van der Waals surface area contributed by atoms with Crippen LogP contribution in [0.2, 0.25) is 0 Å². The summed E-state index contributed by atoms with van der Waals surface area (Å²) in [6.07, 6.45) is 0.902. The highest BCUT2D eigenvalue weighted by Gasteiger charge is 2.28. The Morgan fingerprint density at radius 2 is 1.95 bits per heavy atom. The van der Waals surface area contributed by atoms with Crippen LogP contribution in [0, 0.1) is 11.6 Å².